The van der Waals surface area contributed by atoms with Gasteiger partial charge in [0.15, 0.2) is 0 Å². The number of aliphatic hydroxyl groups is 1. The number of benzene rings is 1. The summed E-state index contributed by atoms with van der Waals surface area (Å²) in [7, 11) is 0. The third-order valence-electron chi connectivity index (χ3n) is 13.9. The van der Waals surface area contributed by atoms with Crippen LogP contribution in [0.1, 0.15) is 117 Å². The Hall–Kier alpha value is -1.54. The second-order valence-corrected chi connectivity index (χ2v) is 15.6. The molecule has 6 rings (SSSR count). The average molecular weight is 533 g/mol. The lowest BCUT2D eigenvalue weighted by atomic mass is 9.32. The van der Waals surface area contributed by atoms with E-state index in [0.29, 0.717) is 34.5 Å². The molecule has 0 radical (unpaired) electrons. The van der Waals surface area contributed by atoms with E-state index in [1.807, 2.05) is 19.1 Å². The number of fused-ring (bicyclic) bond motifs is 7. The molecule has 2 heteroatoms. The Morgan fingerprint density at radius 2 is 1.62 bits per heavy atom. The largest absolute Gasteiger partial charge is 0.508 e. The third kappa shape index (κ3) is 3.97. The SMILES string of the molecule is C=CC.Cc1cc(O)ccc1C1=CCC2(C)C(CCC3(C)C2CCC2C4CCCC4(CO)CC[C@]23C)C1(C)C. The minimum Gasteiger partial charge on any atom is -0.508 e. The van der Waals surface area contributed by atoms with Gasteiger partial charge in [0.1, 0.15) is 5.75 Å². The standard InChI is InChI=1S/C34H50O2.C3H6/c1-22-20-23(36)9-10-24(22)25-13-16-31(4)28(30(25,2)3)14-17-33(6)29(31)12-11-26-27-8-7-15-34(27,21-35)19-18-32(26,33)5;1-3-2/h9-10,13,20,26-29,35-36H,7-8,11-12,14-19,21H2,1-6H3;3H,1H2,2H3/t26?,27?,28?,29?,31?,32-,33?,34?;/m1./s1. The molecule has 8 atom stereocenters. The molecule has 0 spiro atoms. The molecular weight excluding hydrogens is 476 g/mol. The fraction of sp³-hybridized carbons (Fsp3) is 0.730. The summed E-state index contributed by atoms with van der Waals surface area (Å²) < 4.78 is 0. The monoisotopic (exact) mass is 532 g/mol. The van der Waals surface area contributed by atoms with Crippen LogP contribution in [0.15, 0.2) is 36.9 Å². The lowest BCUT2D eigenvalue weighted by molar-refractivity contribution is -0.225. The summed E-state index contributed by atoms with van der Waals surface area (Å²) in [5.41, 5.74) is 5.51. The van der Waals surface area contributed by atoms with E-state index < -0.39 is 0 Å². The predicted molar refractivity (Wildman–Crippen MR) is 164 cm³/mol. The van der Waals surface area contributed by atoms with Gasteiger partial charge >= 0.3 is 0 Å². The van der Waals surface area contributed by atoms with E-state index in [2.05, 4.69) is 60.3 Å². The van der Waals surface area contributed by atoms with Crippen LogP contribution < -0.4 is 0 Å². The van der Waals surface area contributed by atoms with Gasteiger partial charge in [0.25, 0.3) is 0 Å². The average Bonchev–Trinajstić information content (AvgIpc) is 3.30. The highest BCUT2D eigenvalue weighted by molar-refractivity contribution is 5.74. The Kier molecular flexibility index (Phi) is 7.27. The predicted octanol–water partition coefficient (Wildman–Crippen LogP) is 9.73. The molecule has 0 bridgehead atoms. The third-order valence-corrected chi connectivity index (χ3v) is 13.9. The molecule has 0 heterocycles. The van der Waals surface area contributed by atoms with Crippen LogP contribution >= 0.6 is 0 Å². The second kappa shape index (κ2) is 9.78. The molecule has 4 saturated carbocycles. The quantitative estimate of drug-likeness (QED) is 0.372. The summed E-state index contributed by atoms with van der Waals surface area (Å²) >= 11 is 0. The normalized spacial score (nSPS) is 43.9. The smallest absolute Gasteiger partial charge is 0.115 e. The lowest BCUT2D eigenvalue weighted by Gasteiger charge is -2.72. The van der Waals surface area contributed by atoms with Crippen molar-refractivity contribution in [3.05, 3.63) is 48.1 Å². The summed E-state index contributed by atoms with van der Waals surface area (Å²) in [6, 6.07) is 5.95. The summed E-state index contributed by atoms with van der Waals surface area (Å²) in [5, 5.41) is 20.5. The summed E-state index contributed by atoms with van der Waals surface area (Å²) in [5.74, 6) is 3.36. The van der Waals surface area contributed by atoms with Crippen molar-refractivity contribution in [2.75, 3.05) is 6.61 Å². The minimum atomic E-state index is 0.123. The molecule has 2 N–H and O–H groups in total. The van der Waals surface area contributed by atoms with Crippen LogP contribution in [-0.4, -0.2) is 16.8 Å². The first-order valence-electron chi connectivity index (χ1n) is 16.0. The number of rotatable bonds is 2. The number of aryl methyl sites for hydroxylation is 1. The highest BCUT2D eigenvalue weighted by Crippen LogP contribution is 2.77. The first-order valence-corrected chi connectivity index (χ1v) is 16.0. The zero-order valence-electron chi connectivity index (χ0n) is 26.1. The molecule has 1 aromatic carbocycles. The maximum absolute atomic E-state index is 10.5. The highest BCUT2D eigenvalue weighted by atomic mass is 16.3. The van der Waals surface area contributed by atoms with Crippen molar-refractivity contribution >= 4 is 5.57 Å². The number of phenolic OH excluding ortho intramolecular Hbond substituents is 1. The van der Waals surface area contributed by atoms with Gasteiger partial charge in [0.2, 0.25) is 0 Å². The van der Waals surface area contributed by atoms with Crippen LogP contribution in [0, 0.1) is 57.7 Å². The Morgan fingerprint density at radius 3 is 2.28 bits per heavy atom. The maximum Gasteiger partial charge on any atom is 0.115 e. The molecule has 5 aliphatic rings. The van der Waals surface area contributed by atoms with Gasteiger partial charge in [0, 0.05) is 6.61 Å². The first kappa shape index (κ1) is 29.0. The Bertz CT molecular complexity index is 1130. The highest BCUT2D eigenvalue weighted by Gasteiger charge is 2.69. The molecule has 39 heavy (non-hydrogen) atoms. The molecule has 2 nitrogen and oxygen atoms in total. The number of hydrogen-bond donors (Lipinski definition) is 2. The van der Waals surface area contributed by atoms with E-state index in [9.17, 15) is 10.2 Å². The van der Waals surface area contributed by atoms with Gasteiger partial charge in [-0.3, -0.25) is 0 Å². The molecule has 0 saturated heterocycles. The second-order valence-electron chi connectivity index (χ2n) is 15.6. The van der Waals surface area contributed by atoms with Crippen molar-refractivity contribution in [2.45, 2.75) is 113 Å². The van der Waals surface area contributed by atoms with Gasteiger partial charge in [0.05, 0.1) is 0 Å². The molecule has 4 fully saturated rings. The molecular formula is C37H56O2. The van der Waals surface area contributed by atoms with Gasteiger partial charge in [-0.15, -0.1) is 6.58 Å². The molecule has 216 valence electrons. The van der Waals surface area contributed by atoms with E-state index in [1.165, 1.54) is 80.9 Å². The minimum absolute atomic E-state index is 0.123. The molecule has 0 amide bonds. The van der Waals surface area contributed by atoms with Gasteiger partial charge in [-0.2, -0.15) is 0 Å². The topological polar surface area (TPSA) is 40.5 Å². The summed E-state index contributed by atoms with van der Waals surface area (Å²) in [6.45, 7) is 20.9. The van der Waals surface area contributed by atoms with Crippen molar-refractivity contribution in [1.29, 1.82) is 0 Å². The number of aromatic hydroxyl groups is 1. The first-order chi connectivity index (χ1) is 18.3. The van der Waals surface area contributed by atoms with E-state index in [4.69, 9.17) is 0 Å². The zero-order valence-corrected chi connectivity index (χ0v) is 26.1. The van der Waals surface area contributed by atoms with Crippen LogP contribution in [0.3, 0.4) is 0 Å². The van der Waals surface area contributed by atoms with Crippen LogP contribution in [0.5, 0.6) is 5.75 Å². The van der Waals surface area contributed by atoms with Crippen LogP contribution in [0.25, 0.3) is 5.57 Å². The van der Waals surface area contributed by atoms with Crippen molar-refractivity contribution in [3.63, 3.8) is 0 Å². The van der Waals surface area contributed by atoms with Gasteiger partial charge in [-0.1, -0.05) is 59.3 Å². The number of hydrogen-bond acceptors (Lipinski definition) is 2. The van der Waals surface area contributed by atoms with Crippen molar-refractivity contribution in [2.24, 2.45) is 50.7 Å². The fourth-order valence-electron chi connectivity index (χ4n) is 12.0. The molecule has 0 aliphatic heterocycles. The Labute approximate surface area is 239 Å². The van der Waals surface area contributed by atoms with Crippen molar-refractivity contribution in [3.8, 4) is 5.75 Å². The number of aliphatic hydroxyl groups excluding tert-OH is 1. The molecule has 0 aromatic heterocycles. The van der Waals surface area contributed by atoms with E-state index in [-0.39, 0.29) is 10.8 Å². The number of phenols is 1. The van der Waals surface area contributed by atoms with Gasteiger partial charge in [-0.05, 0) is 151 Å². The molecule has 7 unspecified atom stereocenters. The Morgan fingerprint density at radius 1 is 0.897 bits per heavy atom. The fourth-order valence-corrected chi connectivity index (χ4v) is 12.0. The van der Waals surface area contributed by atoms with E-state index in [1.54, 1.807) is 6.08 Å². The number of allylic oxidation sites excluding steroid dienone is 3. The summed E-state index contributed by atoms with van der Waals surface area (Å²) in [4.78, 5) is 0. The van der Waals surface area contributed by atoms with E-state index in [0.717, 1.165) is 17.8 Å². The van der Waals surface area contributed by atoms with Gasteiger partial charge in [-0.25, -0.2) is 0 Å². The van der Waals surface area contributed by atoms with Gasteiger partial charge < -0.3 is 10.2 Å². The zero-order chi connectivity index (χ0) is 28.4. The van der Waals surface area contributed by atoms with Crippen LogP contribution in [-0.2, 0) is 0 Å². The van der Waals surface area contributed by atoms with E-state index >= 15 is 0 Å². The van der Waals surface area contributed by atoms with Crippen LogP contribution in [0.4, 0.5) is 0 Å². The molecule has 1 aromatic rings. The Balaban J connectivity index is 0.000000983. The lowest BCUT2D eigenvalue weighted by Crippen LogP contribution is -2.65. The van der Waals surface area contributed by atoms with Crippen LogP contribution in [0.2, 0.25) is 0 Å². The molecule has 5 aliphatic carbocycles. The van der Waals surface area contributed by atoms with Crippen molar-refractivity contribution in [1.82, 2.24) is 0 Å². The summed E-state index contributed by atoms with van der Waals surface area (Å²) in [6.07, 6.45) is 17.5. The maximum atomic E-state index is 10.5. The van der Waals surface area contributed by atoms with Crippen molar-refractivity contribution < 1.29 is 10.2 Å².